The second-order valence-electron chi connectivity index (χ2n) is 7.44. The van der Waals surface area contributed by atoms with Crippen LogP contribution in [0.5, 0.6) is 0 Å². The first kappa shape index (κ1) is 17.7. The summed E-state index contributed by atoms with van der Waals surface area (Å²) in [6.45, 7) is 6.74. The Morgan fingerprint density at radius 2 is 2.12 bits per heavy atom. The largest absolute Gasteiger partial charge is 0.465 e. The minimum atomic E-state index is -0.401. The monoisotopic (exact) mass is 361 g/mol. The number of ether oxygens (including phenoxy) is 1. The van der Waals surface area contributed by atoms with Gasteiger partial charge in [0, 0.05) is 4.88 Å². The molecule has 1 atom stereocenters. The van der Waals surface area contributed by atoms with Gasteiger partial charge in [-0.2, -0.15) is 0 Å². The Labute approximate surface area is 151 Å². The van der Waals surface area contributed by atoms with E-state index < -0.39 is 5.97 Å². The van der Waals surface area contributed by atoms with Crippen molar-refractivity contribution in [3.05, 3.63) is 40.2 Å². The zero-order valence-corrected chi connectivity index (χ0v) is 15.8. The molecule has 6 heteroatoms. The minimum Gasteiger partial charge on any atom is -0.465 e. The summed E-state index contributed by atoms with van der Waals surface area (Å²) in [5.41, 5.74) is 1.73. The Kier molecular flexibility index (Phi) is 4.73. The lowest BCUT2D eigenvalue weighted by Crippen LogP contribution is -2.26. The highest BCUT2D eigenvalue weighted by Gasteiger charge is 2.34. The summed E-state index contributed by atoms with van der Waals surface area (Å²) >= 11 is 1.48. The van der Waals surface area contributed by atoms with Gasteiger partial charge < -0.3 is 14.5 Å². The molecular weight excluding hydrogens is 338 g/mol. The molecule has 25 heavy (non-hydrogen) atoms. The molecule has 134 valence electrons. The smallest absolute Gasteiger partial charge is 0.341 e. The number of furan rings is 1. The maximum Gasteiger partial charge on any atom is 0.341 e. The highest BCUT2D eigenvalue weighted by Crippen LogP contribution is 2.44. The molecule has 2 aromatic rings. The zero-order chi connectivity index (χ0) is 18.2. The van der Waals surface area contributed by atoms with E-state index in [2.05, 4.69) is 26.1 Å². The van der Waals surface area contributed by atoms with E-state index in [0.29, 0.717) is 16.5 Å². The summed E-state index contributed by atoms with van der Waals surface area (Å²) in [5, 5.41) is 3.37. The number of fused-ring (bicyclic) bond motifs is 1. The van der Waals surface area contributed by atoms with Gasteiger partial charge in [0.1, 0.15) is 5.00 Å². The highest BCUT2D eigenvalue weighted by atomic mass is 32.1. The second-order valence-corrected chi connectivity index (χ2v) is 8.54. The molecule has 3 rings (SSSR count). The van der Waals surface area contributed by atoms with Crippen LogP contribution in [0.25, 0.3) is 0 Å². The van der Waals surface area contributed by atoms with Gasteiger partial charge in [0.2, 0.25) is 0 Å². The third kappa shape index (κ3) is 3.49. The summed E-state index contributed by atoms with van der Waals surface area (Å²) in [7, 11) is 1.37. The molecule has 0 spiro atoms. The lowest BCUT2D eigenvalue weighted by Gasteiger charge is -2.33. The third-order valence-electron chi connectivity index (χ3n) is 4.85. The molecule has 1 aliphatic rings. The average molecular weight is 361 g/mol. The average Bonchev–Trinajstić information content (AvgIpc) is 3.20. The van der Waals surface area contributed by atoms with E-state index in [1.54, 1.807) is 12.1 Å². The van der Waals surface area contributed by atoms with E-state index in [0.717, 1.165) is 24.8 Å². The van der Waals surface area contributed by atoms with Crippen LogP contribution in [0.1, 0.15) is 58.5 Å². The van der Waals surface area contributed by atoms with Crippen LogP contribution in [0.15, 0.2) is 22.8 Å². The number of amides is 1. The molecule has 0 radical (unpaired) electrons. The lowest BCUT2D eigenvalue weighted by molar-refractivity contribution is 0.0600. The first-order chi connectivity index (χ1) is 11.8. The van der Waals surface area contributed by atoms with Crippen molar-refractivity contribution in [2.75, 3.05) is 12.4 Å². The number of carbonyl (C=O) groups excluding carboxylic acids is 2. The minimum absolute atomic E-state index is 0.213. The van der Waals surface area contributed by atoms with Gasteiger partial charge in [-0.1, -0.05) is 20.8 Å². The normalized spacial score (nSPS) is 17.0. The van der Waals surface area contributed by atoms with Crippen molar-refractivity contribution in [3.8, 4) is 0 Å². The first-order valence-electron chi connectivity index (χ1n) is 8.39. The van der Waals surface area contributed by atoms with Crippen LogP contribution in [-0.4, -0.2) is 19.0 Å². The second kappa shape index (κ2) is 6.67. The van der Waals surface area contributed by atoms with Crippen molar-refractivity contribution in [1.82, 2.24) is 0 Å². The van der Waals surface area contributed by atoms with Crippen LogP contribution in [0, 0.1) is 11.3 Å². The van der Waals surface area contributed by atoms with Gasteiger partial charge in [0.25, 0.3) is 5.91 Å². The lowest BCUT2D eigenvalue weighted by atomic mass is 9.72. The van der Waals surface area contributed by atoms with Crippen LogP contribution >= 0.6 is 11.3 Å². The zero-order valence-electron chi connectivity index (χ0n) is 15.0. The molecule has 0 saturated carbocycles. The fraction of sp³-hybridized carbons (Fsp3) is 0.474. The Bertz CT molecular complexity index is 783. The van der Waals surface area contributed by atoms with E-state index in [1.807, 2.05) is 0 Å². The number of hydrogen-bond acceptors (Lipinski definition) is 5. The van der Waals surface area contributed by atoms with Gasteiger partial charge in [0.15, 0.2) is 5.76 Å². The van der Waals surface area contributed by atoms with Crippen molar-refractivity contribution >= 4 is 28.2 Å². The van der Waals surface area contributed by atoms with Gasteiger partial charge in [-0.05, 0) is 48.3 Å². The van der Waals surface area contributed by atoms with E-state index in [1.165, 1.54) is 29.6 Å². The summed E-state index contributed by atoms with van der Waals surface area (Å²) < 4.78 is 10.1. The number of hydrogen-bond donors (Lipinski definition) is 1. The Hall–Kier alpha value is -2.08. The van der Waals surface area contributed by atoms with Crippen LogP contribution < -0.4 is 5.32 Å². The molecular formula is C19H23NO4S. The number of nitrogens with one attached hydrogen (secondary N) is 1. The van der Waals surface area contributed by atoms with Crippen molar-refractivity contribution in [3.63, 3.8) is 0 Å². The summed E-state index contributed by atoms with van der Waals surface area (Å²) in [5.74, 6) is 0.00935. The van der Waals surface area contributed by atoms with Crippen LogP contribution in [0.2, 0.25) is 0 Å². The molecule has 1 amide bonds. The van der Waals surface area contributed by atoms with Crippen LogP contribution in [-0.2, 0) is 17.6 Å². The molecule has 0 unspecified atom stereocenters. The van der Waals surface area contributed by atoms with E-state index in [9.17, 15) is 9.59 Å². The summed E-state index contributed by atoms with van der Waals surface area (Å²) in [6, 6.07) is 3.25. The van der Waals surface area contributed by atoms with E-state index >= 15 is 0 Å². The Morgan fingerprint density at radius 3 is 2.72 bits per heavy atom. The maximum absolute atomic E-state index is 12.3. The van der Waals surface area contributed by atoms with E-state index in [4.69, 9.17) is 9.15 Å². The molecule has 0 aromatic carbocycles. The quantitative estimate of drug-likeness (QED) is 0.816. The summed E-state index contributed by atoms with van der Waals surface area (Å²) in [6.07, 6.45) is 4.23. The highest BCUT2D eigenvalue weighted by molar-refractivity contribution is 7.17. The topological polar surface area (TPSA) is 68.5 Å². The summed E-state index contributed by atoms with van der Waals surface area (Å²) in [4.78, 5) is 25.8. The van der Waals surface area contributed by atoms with Crippen molar-refractivity contribution < 1.29 is 18.7 Å². The Balaban J connectivity index is 1.94. The molecule has 1 aliphatic carbocycles. The van der Waals surface area contributed by atoms with Gasteiger partial charge in [-0.15, -0.1) is 11.3 Å². The van der Waals surface area contributed by atoms with Crippen molar-refractivity contribution in [1.29, 1.82) is 0 Å². The van der Waals surface area contributed by atoms with Crippen molar-refractivity contribution in [2.45, 2.75) is 40.0 Å². The molecule has 0 fully saturated rings. The molecule has 2 aromatic heterocycles. The van der Waals surface area contributed by atoms with Gasteiger partial charge in [0.05, 0.1) is 18.9 Å². The SMILES string of the molecule is COC(=O)c1c(NC(=O)c2ccco2)sc2c1CC[C@H](C(C)(C)C)C2. The number of esters is 1. The van der Waals surface area contributed by atoms with Gasteiger partial charge in [-0.3, -0.25) is 4.79 Å². The van der Waals surface area contributed by atoms with Gasteiger partial charge >= 0.3 is 5.97 Å². The van der Waals surface area contributed by atoms with Gasteiger partial charge in [-0.25, -0.2) is 4.79 Å². The fourth-order valence-corrected chi connectivity index (χ4v) is 4.61. The maximum atomic E-state index is 12.3. The number of rotatable bonds is 3. The van der Waals surface area contributed by atoms with Crippen LogP contribution in [0.3, 0.4) is 0 Å². The first-order valence-corrected chi connectivity index (χ1v) is 9.20. The number of carbonyl (C=O) groups is 2. The molecule has 0 bridgehead atoms. The molecule has 0 aliphatic heterocycles. The molecule has 5 nitrogen and oxygen atoms in total. The van der Waals surface area contributed by atoms with Crippen LogP contribution in [0.4, 0.5) is 5.00 Å². The number of methoxy groups -OCH3 is 1. The molecule has 0 saturated heterocycles. The number of thiophene rings is 1. The predicted octanol–water partition coefficient (Wildman–Crippen LogP) is 4.53. The number of anilines is 1. The standard InChI is InChI=1S/C19H23NO4S/c1-19(2,3)11-7-8-12-14(10-11)25-17(15(12)18(22)23-4)20-16(21)13-6-5-9-24-13/h5-6,9,11H,7-8,10H2,1-4H3,(H,20,21)/t11-/m0/s1. The van der Waals surface area contributed by atoms with E-state index in [-0.39, 0.29) is 17.1 Å². The van der Waals surface area contributed by atoms with Crippen molar-refractivity contribution in [2.24, 2.45) is 11.3 Å². The molecule has 2 heterocycles. The predicted molar refractivity (Wildman–Crippen MR) is 97.3 cm³/mol. The molecule has 1 N–H and O–H groups in total. The third-order valence-corrected chi connectivity index (χ3v) is 6.02. The Morgan fingerprint density at radius 1 is 1.36 bits per heavy atom. The fourth-order valence-electron chi connectivity index (χ4n) is 3.30.